The van der Waals surface area contributed by atoms with Gasteiger partial charge in [0.1, 0.15) is 0 Å². The lowest BCUT2D eigenvalue weighted by atomic mass is 10.1. The van der Waals surface area contributed by atoms with E-state index >= 15 is 0 Å². The fraction of sp³-hybridized carbons (Fsp3) is 0.579. The van der Waals surface area contributed by atoms with E-state index in [9.17, 15) is 9.59 Å². The van der Waals surface area contributed by atoms with E-state index in [-0.39, 0.29) is 17.9 Å². The van der Waals surface area contributed by atoms with Gasteiger partial charge < -0.3 is 15.1 Å². The molecule has 1 unspecified atom stereocenters. The number of carbonyl (C=O) groups excluding carboxylic acids is 2. The second kappa shape index (κ2) is 8.71. The average Bonchev–Trinajstić information content (AvgIpc) is 2.72. The summed E-state index contributed by atoms with van der Waals surface area (Å²) in [7, 11) is 2.09. The van der Waals surface area contributed by atoms with Gasteiger partial charge in [0.15, 0.2) is 0 Å². The summed E-state index contributed by atoms with van der Waals surface area (Å²) in [5.74, 6) is 0.175. The highest BCUT2D eigenvalue weighted by molar-refractivity contribution is 5.79. The molecule has 24 heavy (non-hydrogen) atoms. The van der Waals surface area contributed by atoms with Gasteiger partial charge in [-0.15, -0.1) is 0 Å². The second-order valence-corrected chi connectivity index (χ2v) is 6.40. The van der Waals surface area contributed by atoms with Crippen LogP contribution in [-0.4, -0.2) is 42.9 Å². The molecule has 1 aromatic carbocycles. The van der Waals surface area contributed by atoms with E-state index in [0.29, 0.717) is 32.4 Å². The van der Waals surface area contributed by atoms with E-state index in [4.69, 9.17) is 0 Å². The van der Waals surface area contributed by atoms with Gasteiger partial charge >= 0.3 is 0 Å². The molecule has 0 saturated heterocycles. The summed E-state index contributed by atoms with van der Waals surface area (Å²) in [6, 6.07) is 8.49. The molecule has 2 amide bonds. The number of benzene rings is 1. The summed E-state index contributed by atoms with van der Waals surface area (Å²) in [4.78, 5) is 28.5. The molecule has 0 bridgehead atoms. The second-order valence-electron chi connectivity index (χ2n) is 6.40. The molecular weight excluding hydrogens is 302 g/mol. The zero-order valence-corrected chi connectivity index (χ0v) is 15.0. The van der Waals surface area contributed by atoms with Crippen LogP contribution in [0.1, 0.15) is 45.1 Å². The number of hydrogen-bond acceptors (Lipinski definition) is 3. The molecule has 0 spiro atoms. The first-order valence-electron chi connectivity index (χ1n) is 8.92. The van der Waals surface area contributed by atoms with Gasteiger partial charge in [-0.2, -0.15) is 0 Å². The first-order valence-corrected chi connectivity index (χ1v) is 8.92. The monoisotopic (exact) mass is 331 g/mol. The van der Waals surface area contributed by atoms with Crippen LogP contribution in [0.5, 0.6) is 0 Å². The Bertz CT molecular complexity index is 573. The molecular formula is C19H29N3O2. The Kier molecular flexibility index (Phi) is 6.64. The van der Waals surface area contributed by atoms with Gasteiger partial charge in [0.2, 0.25) is 11.8 Å². The summed E-state index contributed by atoms with van der Waals surface area (Å²) in [6.07, 6.45) is 2.38. The topological polar surface area (TPSA) is 52.7 Å². The van der Waals surface area contributed by atoms with Crippen molar-refractivity contribution in [1.29, 1.82) is 0 Å². The molecule has 1 N–H and O–H groups in total. The minimum atomic E-state index is 0.0262. The molecule has 5 heteroatoms. The molecule has 0 saturated carbocycles. The SMILES string of the molecule is CCNC(=O)CCCC(=O)N1Cc2ccccc2N(C)CC1CC. The third-order valence-electron chi connectivity index (χ3n) is 4.63. The molecule has 1 atom stereocenters. The smallest absolute Gasteiger partial charge is 0.223 e. The van der Waals surface area contributed by atoms with E-state index in [1.165, 1.54) is 11.3 Å². The third kappa shape index (κ3) is 4.49. The number of anilines is 1. The summed E-state index contributed by atoms with van der Waals surface area (Å²) >= 11 is 0. The summed E-state index contributed by atoms with van der Waals surface area (Å²) in [5.41, 5.74) is 2.39. The minimum Gasteiger partial charge on any atom is -0.372 e. The number of nitrogens with one attached hydrogen (secondary N) is 1. The van der Waals surface area contributed by atoms with E-state index < -0.39 is 0 Å². The predicted molar refractivity (Wildman–Crippen MR) is 96.9 cm³/mol. The van der Waals surface area contributed by atoms with E-state index in [2.05, 4.69) is 36.3 Å². The minimum absolute atomic E-state index is 0.0262. The summed E-state index contributed by atoms with van der Waals surface area (Å²) < 4.78 is 0. The number of likely N-dealkylation sites (N-methyl/N-ethyl adjacent to an activating group) is 1. The Morgan fingerprint density at radius 2 is 1.96 bits per heavy atom. The Morgan fingerprint density at radius 3 is 2.67 bits per heavy atom. The van der Waals surface area contributed by atoms with E-state index in [1.54, 1.807) is 0 Å². The van der Waals surface area contributed by atoms with Crippen molar-refractivity contribution in [3.8, 4) is 0 Å². The number of carbonyl (C=O) groups is 2. The van der Waals surface area contributed by atoms with Gasteiger partial charge in [0.25, 0.3) is 0 Å². The maximum absolute atomic E-state index is 12.8. The Balaban J connectivity index is 2.04. The number of para-hydroxylation sites is 1. The van der Waals surface area contributed by atoms with E-state index in [0.717, 1.165) is 13.0 Å². The molecule has 1 aromatic rings. The average molecular weight is 331 g/mol. The number of fused-ring (bicyclic) bond motifs is 1. The van der Waals surface area contributed by atoms with Crippen LogP contribution in [-0.2, 0) is 16.1 Å². The van der Waals surface area contributed by atoms with Crippen LogP contribution < -0.4 is 10.2 Å². The van der Waals surface area contributed by atoms with Crippen LogP contribution in [0.15, 0.2) is 24.3 Å². The fourth-order valence-corrected chi connectivity index (χ4v) is 3.31. The van der Waals surface area contributed by atoms with Gasteiger partial charge in [0.05, 0.1) is 0 Å². The standard InChI is InChI=1S/C19H29N3O2/c1-4-16-14-21(3)17-10-7-6-9-15(17)13-22(16)19(24)12-8-11-18(23)20-5-2/h6-7,9-10,16H,4-5,8,11-14H2,1-3H3,(H,20,23). The number of nitrogens with zero attached hydrogens (tertiary/aromatic N) is 2. The van der Waals surface area contributed by atoms with Crippen molar-refractivity contribution >= 4 is 17.5 Å². The quantitative estimate of drug-likeness (QED) is 0.871. The Hall–Kier alpha value is -2.04. The van der Waals surface area contributed by atoms with Crippen LogP contribution >= 0.6 is 0 Å². The molecule has 1 heterocycles. The maximum Gasteiger partial charge on any atom is 0.223 e. The number of amides is 2. The first kappa shape index (κ1) is 18.3. The molecule has 1 aliphatic heterocycles. The maximum atomic E-state index is 12.8. The Morgan fingerprint density at radius 1 is 1.21 bits per heavy atom. The largest absolute Gasteiger partial charge is 0.372 e. The predicted octanol–water partition coefficient (Wildman–Crippen LogP) is 2.55. The van der Waals surface area contributed by atoms with Gasteiger partial charge in [-0.1, -0.05) is 25.1 Å². The van der Waals surface area contributed by atoms with Gasteiger partial charge in [-0.3, -0.25) is 9.59 Å². The summed E-state index contributed by atoms with van der Waals surface area (Å²) in [5, 5.41) is 2.78. The first-order chi connectivity index (χ1) is 11.6. The zero-order chi connectivity index (χ0) is 17.5. The van der Waals surface area contributed by atoms with Crippen LogP contribution in [0.25, 0.3) is 0 Å². The fourth-order valence-electron chi connectivity index (χ4n) is 3.31. The lowest BCUT2D eigenvalue weighted by Crippen LogP contribution is -2.43. The molecule has 0 radical (unpaired) electrons. The highest BCUT2D eigenvalue weighted by Crippen LogP contribution is 2.27. The zero-order valence-electron chi connectivity index (χ0n) is 15.0. The highest BCUT2D eigenvalue weighted by atomic mass is 16.2. The molecule has 0 aromatic heterocycles. The molecule has 132 valence electrons. The molecule has 2 rings (SSSR count). The lowest BCUT2D eigenvalue weighted by molar-refractivity contribution is -0.134. The van der Waals surface area contributed by atoms with Crippen molar-refractivity contribution in [2.45, 2.75) is 52.1 Å². The highest BCUT2D eigenvalue weighted by Gasteiger charge is 2.28. The molecule has 1 aliphatic rings. The number of rotatable bonds is 6. The van der Waals surface area contributed by atoms with Crippen LogP contribution in [0.3, 0.4) is 0 Å². The van der Waals surface area contributed by atoms with Crippen molar-refractivity contribution in [1.82, 2.24) is 10.2 Å². The third-order valence-corrected chi connectivity index (χ3v) is 4.63. The van der Waals surface area contributed by atoms with Crippen molar-refractivity contribution in [3.63, 3.8) is 0 Å². The number of hydrogen-bond donors (Lipinski definition) is 1. The van der Waals surface area contributed by atoms with Gasteiger partial charge in [0, 0.05) is 51.3 Å². The molecule has 0 fully saturated rings. The van der Waals surface area contributed by atoms with Gasteiger partial charge in [-0.25, -0.2) is 0 Å². The van der Waals surface area contributed by atoms with Crippen molar-refractivity contribution < 1.29 is 9.59 Å². The normalized spacial score (nSPS) is 17.2. The molecule has 5 nitrogen and oxygen atoms in total. The van der Waals surface area contributed by atoms with Crippen molar-refractivity contribution in [2.24, 2.45) is 0 Å². The molecule has 0 aliphatic carbocycles. The van der Waals surface area contributed by atoms with E-state index in [1.807, 2.05) is 24.0 Å². The lowest BCUT2D eigenvalue weighted by Gasteiger charge is -2.30. The van der Waals surface area contributed by atoms with Crippen LogP contribution in [0.2, 0.25) is 0 Å². The van der Waals surface area contributed by atoms with Crippen molar-refractivity contribution in [2.75, 3.05) is 25.0 Å². The van der Waals surface area contributed by atoms with Crippen LogP contribution in [0.4, 0.5) is 5.69 Å². The Labute approximate surface area is 145 Å². The van der Waals surface area contributed by atoms with Gasteiger partial charge in [-0.05, 0) is 31.4 Å². The van der Waals surface area contributed by atoms with Crippen LogP contribution in [0, 0.1) is 0 Å². The summed E-state index contributed by atoms with van der Waals surface area (Å²) in [6.45, 7) is 6.16. The van der Waals surface area contributed by atoms with Crippen molar-refractivity contribution in [3.05, 3.63) is 29.8 Å².